The number of rotatable bonds is 9. The number of ether oxygens (including phenoxy) is 1. The van der Waals surface area contributed by atoms with E-state index in [4.69, 9.17) is 4.74 Å². The Morgan fingerprint density at radius 3 is 2.09 bits per heavy atom. The van der Waals surface area contributed by atoms with Gasteiger partial charge in [-0.15, -0.1) is 0 Å². The molecule has 0 saturated heterocycles. The quantitative estimate of drug-likeness (QED) is 0.309. The molecule has 1 atom stereocenters. The molecule has 1 aliphatic rings. The molecule has 3 aromatic rings. The van der Waals surface area contributed by atoms with Gasteiger partial charge in [0.2, 0.25) is 0 Å². The average molecular weight is 463 g/mol. The Bertz CT molecular complexity index is 1010. The van der Waals surface area contributed by atoms with Crippen molar-refractivity contribution in [2.75, 3.05) is 6.61 Å². The maximum atomic E-state index is 14.3. The minimum absolute atomic E-state index is 0.238. The van der Waals surface area contributed by atoms with Crippen LogP contribution in [0.2, 0.25) is 0 Å². The first-order valence-corrected chi connectivity index (χ1v) is 12.8. The van der Waals surface area contributed by atoms with Gasteiger partial charge in [0.15, 0.2) is 17.4 Å². The molecule has 1 nitrogen and oxygen atoms in total. The second kappa shape index (κ2) is 11.6. The van der Waals surface area contributed by atoms with Gasteiger partial charge in [-0.05, 0) is 104 Å². The lowest BCUT2D eigenvalue weighted by Gasteiger charge is -2.29. The van der Waals surface area contributed by atoms with Gasteiger partial charge in [0.25, 0.3) is 0 Å². The Balaban J connectivity index is 1.24. The molecule has 0 aromatic heterocycles. The summed E-state index contributed by atoms with van der Waals surface area (Å²) in [7, 11) is 0. The monoisotopic (exact) mass is 462 g/mol. The van der Waals surface area contributed by atoms with E-state index in [0.717, 1.165) is 44.1 Å². The molecular formula is C31H36F2O. The smallest absolute Gasteiger partial charge is 0.190 e. The highest BCUT2D eigenvalue weighted by Crippen LogP contribution is 2.39. The predicted octanol–water partition coefficient (Wildman–Crippen LogP) is 8.62. The van der Waals surface area contributed by atoms with Crippen LogP contribution in [0.5, 0.6) is 5.75 Å². The minimum Gasteiger partial charge on any atom is -0.488 e. The van der Waals surface area contributed by atoms with E-state index in [9.17, 15) is 8.78 Å². The Labute approximate surface area is 203 Å². The molecule has 1 saturated carbocycles. The first kappa shape index (κ1) is 24.4. The van der Waals surface area contributed by atoms with Crippen LogP contribution in [-0.2, 0) is 12.8 Å². The summed E-state index contributed by atoms with van der Waals surface area (Å²) in [6.07, 6.45) is 7.55. The fraction of sp³-hybridized carbons (Fsp3) is 0.419. The van der Waals surface area contributed by atoms with E-state index in [1.54, 1.807) is 6.92 Å². The van der Waals surface area contributed by atoms with Crippen molar-refractivity contribution in [3.8, 4) is 5.75 Å². The molecular weight excluding hydrogens is 426 g/mol. The van der Waals surface area contributed by atoms with Gasteiger partial charge in [0, 0.05) is 0 Å². The summed E-state index contributed by atoms with van der Waals surface area (Å²) in [5.74, 6) is 0.0226. The molecule has 0 amide bonds. The molecule has 180 valence electrons. The van der Waals surface area contributed by atoms with Gasteiger partial charge in [-0.25, -0.2) is 8.78 Å². The van der Waals surface area contributed by atoms with Gasteiger partial charge in [0.05, 0.1) is 6.61 Å². The first-order valence-electron chi connectivity index (χ1n) is 12.8. The second-order valence-corrected chi connectivity index (χ2v) is 9.84. The van der Waals surface area contributed by atoms with Crippen LogP contribution >= 0.6 is 0 Å². The predicted molar refractivity (Wildman–Crippen MR) is 136 cm³/mol. The first-order chi connectivity index (χ1) is 16.5. The number of hydrogen-bond acceptors (Lipinski definition) is 1. The van der Waals surface area contributed by atoms with Crippen LogP contribution in [-0.4, -0.2) is 6.61 Å². The molecule has 3 aromatic carbocycles. The highest BCUT2D eigenvalue weighted by Gasteiger charge is 2.24. The van der Waals surface area contributed by atoms with E-state index in [1.807, 2.05) is 0 Å². The summed E-state index contributed by atoms with van der Waals surface area (Å²) >= 11 is 0. The van der Waals surface area contributed by atoms with Gasteiger partial charge < -0.3 is 4.74 Å². The number of aryl methyl sites for hydroxylation is 1. The zero-order valence-corrected chi connectivity index (χ0v) is 20.4. The van der Waals surface area contributed by atoms with Crippen molar-refractivity contribution < 1.29 is 13.5 Å². The van der Waals surface area contributed by atoms with Crippen LogP contribution in [0.1, 0.15) is 80.0 Å². The molecule has 0 unspecified atom stereocenters. The second-order valence-electron chi connectivity index (χ2n) is 9.84. The summed E-state index contributed by atoms with van der Waals surface area (Å²) in [6.45, 7) is 4.28. The molecule has 1 fully saturated rings. The maximum absolute atomic E-state index is 14.3. The molecule has 1 aliphatic carbocycles. The van der Waals surface area contributed by atoms with Crippen LogP contribution in [0, 0.1) is 17.6 Å². The highest BCUT2D eigenvalue weighted by atomic mass is 19.1. The standard InChI is InChI=1S/C31H36F2O/c1-3-34-31-29(32)20-28(21-30(31)33)27-17-15-24(16-18-27)10-9-23-11-13-25(14-12-23)19-22(2)26-7-5-4-6-8-26/h4-8,11-14,20-22,24,27H,3,9-10,15-19H2,1-2H3/t22-,24?,27?/m1/s1. The topological polar surface area (TPSA) is 9.23 Å². The maximum Gasteiger partial charge on any atom is 0.190 e. The third-order valence-electron chi connectivity index (χ3n) is 7.40. The molecule has 3 heteroatoms. The van der Waals surface area contributed by atoms with Crippen LogP contribution in [0.3, 0.4) is 0 Å². The summed E-state index contributed by atoms with van der Waals surface area (Å²) in [5.41, 5.74) is 4.94. The lowest BCUT2D eigenvalue weighted by molar-refractivity contribution is 0.296. The zero-order valence-electron chi connectivity index (χ0n) is 20.4. The van der Waals surface area contributed by atoms with E-state index in [2.05, 4.69) is 61.5 Å². The number of benzene rings is 3. The fourth-order valence-corrected chi connectivity index (χ4v) is 5.35. The largest absolute Gasteiger partial charge is 0.488 e. The molecule has 0 N–H and O–H groups in total. The summed E-state index contributed by atoms with van der Waals surface area (Å²) in [4.78, 5) is 0. The van der Waals surface area contributed by atoms with Gasteiger partial charge in [0.1, 0.15) is 0 Å². The molecule has 34 heavy (non-hydrogen) atoms. The third kappa shape index (κ3) is 6.25. The van der Waals surface area contributed by atoms with Crippen LogP contribution in [0.15, 0.2) is 66.7 Å². The van der Waals surface area contributed by atoms with E-state index in [0.29, 0.717) is 11.8 Å². The van der Waals surface area contributed by atoms with Crippen LogP contribution < -0.4 is 4.74 Å². The number of halogens is 2. The lowest BCUT2D eigenvalue weighted by atomic mass is 9.77. The molecule has 0 radical (unpaired) electrons. The van der Waals surface area contributed by atoms with Gasteiger partial charge in [-0.3, -0.25) is 0 Å². The average Bonchev–Trinajstić information content (AvgIpc) is 2.86. The van der Waals surface area contributed by atoms with E-state index >= 15 is 0 Å². The summed E-state index contributed by atoms with van der Waals surface area (Å²) in [5, 5.41) is 0. The summed E-state index contributed by atoms with van der Waals surface area (Å²) in [6, 6.07) is 22.8. The zero-order chi connectivity index (χ0) is 23.9. The molecule has 0 bridgehead atoms. The van der Waals surface area contributed by atoms with Crippen molar-refractivity contribution in [2.24, 2.45) is 5.92 Å². The highest BCUT2D eigenvalue weighted by molar-refractivity contribution is 5.33. The van der Waals surface area contributed by atoms with E-state index in [1.165, 1.54) is 35.2 Å². The Morgan fingerprint density at radius 1 is 0.853 bits per heavy atom. The molecule has 0 aliphatic heterocycles. The van der Waals surface area contributed by atoms with Crippen molar-refractivity contribution in [1.29, 1.82) is 0 Å². The Morgan fingerprint density at radius 2 is 1.47 bits per heavy atom. The van der Waals surface area contributed by atoms with Crippen molar-refractivity contribution >= 4 is 0 Å². The van der Waals surface area contributed by atoms with Gasteiger partial charge in [-0.1, -0.05) is 61.5 Å². The SMILES string of the molecule is CCOc1c(F)cc(C2CCC(CCc3ccc(C[C@@H](C)c4ccccc4)cc3)CC2)cc1F. The summed E-state index contributed by atoms with van der Waals surface area (Å²) < 4.78 is 33.6. The van der Waals surface area contributed by atoms with Crippen LogP contribution in [0.25, 0.3) is 0 Å². The van der Waals surface area contributed by atoms with Gasteiger partial charge >= 0.3 is 0 Å². The molecule has 4 rings (SSSR count). The number of hydrogen-bond donors (Lipinski definition) is 0. The van der Waals surface area contributed by atoms with E-state index in [-0.39, 0.29) is 18.3 Å². The Kier molecular flexibility index (Phi) is 8.37. The fourth-order valence-electron chi connectivity index (χ4n) is 5.35. The van der Waals surface area contributed by atoms with Gasteiger partial charge in [-0.2, -0.15) is 0 Å². The van der Waals surface area contributed by atoms with Crippen molar-refractivity contribution in [3.63, 3.8) is 0 Å². The normalized spacial score (nSPS) is 19.1. The van der Waals surface area contributed by atoms with Crippen molar-refractivity contribution in [1.82, 2.24) is 0 Å². The Hall–Kier alpha value is -2.68. The molecule has 0 heterocycles. The minimum atomic E-state index is -0.583. The van der Waals surface area contributed by atoms with E-state index < -0.39 is 11.6 Å². The van der Waals surface area contributed by atoms with Crippen molar-refractivity contribution in [3.05, 3.63) is 101 Å². The van der Waals surface area contributed by atoms with Crippen molar-refractivity contribution in [2.45, 2.75) is 70.6 Å². The lowest BCUT2D eigenvalue weighted by Crippen LogP contribution is -2.14. The molecule has 0 spiro atoms. The van der Waals surface area contributed by atoms with Crippen LogP contribution in [0.4, 0.5) is 8.78 Å². The third-order valence-corrected chi connectivity index (χ3v) is 7.40.